The zero-order valence-electron chi connectivity index (χ0n) is 9.59. The van der Waals surface area contributed by atoms with Gasteiger partial charge in [0.15, 0.2) is 0 Å². The molecule has 0 saturated carbocycles. The highest BCUT2D eigenvalue weighted by atomic mass is 16.5. The van der Waals surface area contributed by atoms with Crippen molar-refractivity contribution in [3.8, 4) is 17.6 Å². The van der Waals surface area contributed by atoms with E-state index in [1.807, 2.05) is 25.1 Å². The van der Waals surface area contributed by atoms with Crippen LogP contribution in [-0.4, -0.2) is 17.8 Å². The number of ether oxygens (including phenoxy) is 1. The number of aliphatic hydroxyl groups is 1. The van der Waals surface area contributed by atoms with E-state index in [1.165, 1.54) is 0 Å². The molecule has 1 aromatic carbocycles. The third-order valence-electron chi connectivity index (χ3n) is 1.94. The molecule has 0 aromatic heterocycles. The maximum absolute atomic E-state index is 9.47. The average Bonchev–Trinajstić information content (AvgIpc) is 2.14. The molecular weight excluding hydrogens is 188 g/mol. The average molecular weight is 204 g/mol. The lowest BCUT2D eigenvalue weighted by molar-refractivity contribution is 0.143. The first-order chi connectivity index (χ1) is 6.92. The lowest BCUT2D eigenvalue weighted by Crippen LogP contribution is -2.14. The summed E-state index contributed by atoms with van der Waals surface area (Å²) in [5.74, 6) is 6.55. The maximum atomic E-state index is 9.47. The van der Waals surface area contributed by atoms with Crippen molar-refractivity contribution >= 4 is 0 Å². The van der Waals surface area contributed by atoms with Crippen LogP contribution in [0.15, 0.2) is 18.2 Å². The van der Waals surface area contributed by atoms with Gasteiger partial charge in [0.25, 0.3) is 0 Å². The zero-order chi connectivity index (χ0) is 11.5. The van der Waals surface area contributed by atoms with E-state index in [9.17, 15) is 5.11 Å². The fourth-order valence-electron chi connectivity index (χ4n) is 1.12. The molecule has 15 heavy (non-hydrogen) atoms. The van der Waals surface area contributed by atoms with Gasteiger partial charge in [-0.25, -0.2) is 0 Å². The molecule has 0 radical (unpaired) electrons. The van der Waals surface area contributed by atoms with Gasteiger partial charge in [0.2, 0.25) is 0 Å². The topological polar surface area (TPSA) is 29.5 Å². The number of rotatable bonds is 1. The first-order valence-corrected chi connectivity index (χ1v) is 4.82. The summed E-state index contributed by atoms with van der Waals surface area (Å²) in [5.41, 5.74) is 1.01. The van der Waals surface area contributed by atoms with Gasteiger partial charge in [-0.3, -0.25) is 0 Å². The third-order valence-corrected chi connectivity index (χ3v) is 1.94. The summed E-state index contributed by atoms with van der Waals surface area (Å²) in [6, 6.07) is 5.68. The van der Waals surface area contributed by atoms with Gasteiger partial charge in [-0.05, 0) is 44.5 Å². The van der Waals surface area contributed by atoms with Gasteiger partial charge in [0.05, 0.1) is 7.11 Å². The van der Waals surface area contributed by atoms with E-state index < -0.39 is 5.60 Å². The second kappa shape index (κ2) is 4.37. The van der Waals surface area contributed by atoms with Crippen molar-refractivity contribution in [1.82, 2.24) is 0 Å². The number of methoxy groups -OCH3 is 1. The van der Waals surface area contributed by atoms with Crippen LogP contribution in [0.4, 0.5) is 0 Å². The Balaban J connectivity index is 3.01. The summed E-state index contributed by atoms with van der Waals surface area (Å²) >= 11 is 0. The highest BCUT2D eigenvalue weighted by Crippen LogP contribution is 2.16. The molecule has 0 fully saturated rings. The molecule has 0 unspecified atom stereocenters. The zero-order valence-corrected chi connectivity index (χ0v) is 9.59. The summed E-state index contributed by atoms with van der Waals surface area (Å²) in [6.07, 6.45) is 0. The second-order valence-corrected chi connectivity index (χ2v) is 3.99. The number of hydrogen-bond donors (Lipinski definition) is 1. The highest BCUT2D eigenvalue weighted by molar-refractivity contribution is 5.45. The number of aryl methyl sites for hydroxylation is 1. The van der Waals surface area contributed by atoms with Gasteiger partial charge in [-0.1, -0.05) is 11.8 Å². The van der Waals surface area contributed by atoms with Gasteiger partial charge in [0, 0.05) is 5.56 Å². The molecule has 1 aromatic rings. The molecule has 2 heteroatoms. The molecule has 80 valence electrons. The van der Waals surface area contributed by atoms with Crippen LogP contribution in [0.25, 0.3) is 0 Å². The van der Waals surface area contributed by atoms with Crippen LogP contribution in [0.1, 0.15) is 25.0 Å². The summed E-state index contributed by atoms with van der Waals surface area (Å²) in [5, 5.41) is 9.47. The van der Waals surface area contributed by atoms with E-state index in [-0.39, 0.29) is 0 Å². The second-order valence-electron chi connectivity index (χ2n) is 3.99. The van der Waals surface area contributed by atoms with Crippen LogP contribution >= 0.6 is 0 Å². The predicted molar refractivity (Wildman–Crippen MR) is 60.9 cm³/mol. The SMILES string of the molecule is COc1ccc(C#CC(C)(C)O)c(C)c1. The fraction of sp³-hybridized carbons (Fsp3) is 0.385. The van der Waals surface area contributed by atoms with E-state index in [4.69, 9.17) is 4.74 Å². The van der Waals surface area contributed by atoms with Crippen LogP contribution in [0.2, 0.25) is 0 Å². The lowest BCUT2D eigenvalue weighted by Gasteiger charge is -2.07. The van der Waals surface area contributed by atoms with Crippen LogP contribution < -0.4 is 4.74 Å². The molecule has 1 rings (SSSR count). The molecular formula is C13H16O2. The Morgan fingerprint density at radius 2 is 2.00 bits per heavy atom. The van der Waals surface area contributed by atoms with Crippen molar-refractivity contribution in [2.45, 2.75) is 26.4 Å². The van der Waals surface area contributed by atoms with E-state index in [2.05, 4.69) is 11.8 Å². The van der Waals surface area contributed by atoms with Gasteiger partial charge in [-0.2, -0.15) is 0 Å². The van der Waals surface area contributed by atoms with Crippen LogP contribution in [-0.2, 0) is 0 Å². The number of benzene rings is 1. The fourth-order valence-corrected chi connectivity index (χ4v) is 1.12. The van der Waals surface area contributed by atoms with E-state index in [0.717, 1.165) is 16.9 Å². The van der Waals surface area contributed by atoms with Gasteiger partial charge in [0.1, 0.15) is 11.4 Å². The molecule has 0 atom stereocenters. The molecule has 1 N–H and O–H groups in total. The number of hydrogen-bond acceptors (Lipinski definition) is 2. The van der Waals surface area contributed by atoms with Gasteiger partial charge in [-0.15, -0.1) is 0 Å². The van der Waals surface area contributed by atoms with Crippen molar-refractivity contribution in [2.24, 2.45) is 0 Å². The Hall–Kier alpha value is -1.46. The lowest BCUT2D eigenvalue weighted by atomic mass is 10.1. The highest BCUT2D eigenvalue weighted by Gasteiger charge is 2.06. The first kappa shape index (κ1) is 11.6. The molecule has 0 amide bonds. The summed E-state index contributed by atoms with van der Waals surface area (Å²) in [6.45, 7) is 5.30. The van der Waals surface area contributed by atoms with Crippen molar-refractivity contribution in [1.29, 1.82) is 0 Å². The summed E-state index contributed by atoms with van der Waals surface area (Å²) < 4.78 is 5.10. The largest absolute Gasteiger partial charge is 0.497 e. The van der Waals surface area contributed by atoms with Crippen molar-refractivity contribution in [3.05, 3.63) is 29.3 Å². The molecule has 0 bridgehead atoms. The van der Waals surface area contributed by atoms with Gasteiger partial charge < -0.3 is 9.84 Å². The van der Waals surface area contributed by atoms with E-state index in [1.54, 1.807) is 21.0 Å². The van der Waals surface area contributed by atoms with Crippen molar-refractivity contribution in [3.63, 3.8) is 0 Å². The third kappa shape index (κ3) is 3.65. The van der Waals surface area contributed by atoms with Crippen molar-refractivity contribution in [2.75, 3.05) is 7.11 Å². The maximum Gasteiger partial charge on any atom is 0.120 e. The van der Waals surface area contributed by atoms with Crippen LogP contribution in [0, 0.1) is 18.8 Å². The molecule has 0 saturated heterocycles. The Morgan fingerprint density at radius 1 is 1.33 bits per heavy atom. The minimum Gasteiger partial charge on any atom is -0.497 e. The quantitative estimate of drug-likeness (QED) is 0.710. The Kier molecular flexibility index (Phi) is 3.39. The van der Waals surface area contributed by atoms with Crippen molar-refractivity contribution < 1.29 is 9.84 Å². The monoisotopic (exact) mass is 204 g/mol. The Labute approximate surface area is 90.9 Å². The molecule has 0 spiro atoms. The summed E-state index contributed by atoms with van der Waals surface area (Å²) in [4.78, 5) is 0. The standard InChI is InChI=1S/C13H16O2/c1-10-9-12(15-4)6-5-11(10)7-8-13(2,3)14/h5-6,9,14H,1-4H3. The molecule has 2 nitrogen and oxygen atoms in total. The Bertz CT molecular complexity index is 403. The van der Waals surface area contributed by atoms with E-state index in [0.29, 0.717) is 0 Å². The predicted octanol–water partition coefficient (Wildman–Crippen LogP) is 2.13. The Morgan fingerprint density at radius 3 is 2.47 bits per heavy atom. The summed E-state index contributed by atoms with van der Waals surface area (Å²) in [7, 11) is 1.64. The molecule has 0 aliphatic heterocycles. The molecule has 0 heterocycles. The van der Waals surface area contributed by atoms with Crippen LogP contribution in [0.3, 0.4) is 0 Å². The molecule has 0 aliphatic rings. The minimum atomic E-state index is -0.952. The smallest absolute Gasteiger partial charge is 0.120 e. The normalized spacial score (nSPS) is 10.5. The van der Waals surface area contributed by atoms with Crippen LogP contribution in [0.5, 0.6) is 5.75 Å². The first-order valence-electron chi connectivity index (χ1n) is 4.82. The molecule has 0 aliphatic carbocycles. The van der Waals surface area contributed by atoms with E-state index >= 15 is 0 Å². The minimum absolute atomic E-state index is 0.821. The van der Waals surface area contributed by atoms with Gasteiger partial charge >= 0.3 is 0 Å².